The molecule has 2 fully saturated rings. The normalized spacial score (nSPS) is 42.6. The number of hydrogen-bond donors (Lipinski definition) is 15. The van der Waals surface area contributed by atoms with E-state index >= 15 is 0 Å². The second-order valence-electron chi connectivity index (χ2n) is 18.9. The van der Waals surface area contributed by atoms with Crippen molar-refractivity contribution in [3.63, 3.8) is 0 Å². The number of allylic oxidation sites excluding steroid dienone is 12. The van der Waals surface area contributed by atoms with Gasteiger partial charge in [-0.05, 0) is 33.1 Å². The first-order valence-corrected chi connectivity index (χ1v) is 24.3. The molecule has 3 aliphatic heterocycles. The molecule has 71 heavy (non-hydrogen) atoms. The van der Waals surface area contributed by atoms with E-state index in [4.69, 9.17) is 24.7 Å². The fraction of sp³-hybridized carbons (Fsp3) is 0.680. The van der Waals surface area contributed by atoms with Gasteiger partial charge in [0.1, 0.15) is 12.2 Å². The molecule has 0 radical (unpaired) electrons. The largest absolute Gasteiger partial charge is 0.462 e. The third kappa shape index (κ3) is 21.3. The van der Waals surface area contributed by atoms with Crippen LogP contribution in [0.4, 0.5) is 4.79 Å². The number of esters is 1. The van der Waals surface area contributed by atoms with Gasteiger partial charge >= 0.3 is 12.0 Å². The zero-order valence-electron chi connectivity index (χ0n) is 41.0. The third-order valence-corrected chi connectivity index (χ3v) is 12.8. The Bertz CT molecular complexity index is 1790. The molecule has 2 bridgehead atoms. The molecule has 16 N–H and O–H groups in total. The maximum atomic E-state index is 13.1. The van der Waals surface area contributed by atoms with Crippen LogP contribution in [0.25, 0.3) is 0 Å². The SMILES string of the molecule is CC1OC(=O)C[C@H](O)C[C@H](O)CC[C@@H](O)[C@H](O)C[C@H](O)C[C@]2(O)C[C@H](O)[C@@H](NC(=O)NC(CO)CO)[C@H](C[C@@H](O[C@@H]3O[C@H](C)[C@@H](O)[C@H](N)[C@@H]3O)/C=C/C=C/C=C/C=C/C=C/C=C/C=C/[C@H](C)[C@@H](O)[C@H]1C)O2. The zero-order valence-corrected chi connectivity index (χ0v) is 41.0. The average molecular weight is 1010 g/mol. The van der Waals surface area contributed by atoms with Crippen molar-refractivity contribution in [1.82, 2.24) is 10.6 Å². The molecule has 3 aliphatic rings. The van der Waals surface area contributed by atoms with Gasteiger partial charge in [-0.2, -0.15) is 0 Å². The first-order chi connectivity index (χ1) is 33.6. The van der Waals surface area contributed by atoms with Gasteiger partial charge in [-0.15, -0.1) is 0 Å². The summed E-state index contributed by atoms with van der Waals surface area (Å²) in [6.45, 7) is 5.51. The first kappa shape index (κ1) is 61.6. The Hall–Kier alpha value is -3.72. The fourth-order valence-electron chi connectivity index (χ4n) is 8.36. The van der Waals surface area contributed by atoms with E-state index in [1.165, 1.54) is 6.92 Å². The van der Waals surface area contributed by atoms with E-state index in [0.29, 0.717) is 0 Å². The topological polar surface area (TPSA) is 364 Å². The number of carbonyl (C=O) groups is 2. The van der Waals surface area contributed by atoms with Crippen LogP contribution in [0.3, 0.4) is 0 Å². The molecule has 0 spiro atoms. The van der Waals surface area contributed by atoms with Gasteiger partial charge in [0.25, 0.3) is 0 Å². The van der Waals surface area contributed by atoms with Gasteiger partial charge in [0, 0.05) is 37.5 Å². The Kier molecular flexibility index (Phi) is 27.0. The highest BCUT2D eigenvalue weighted by Crippen LogP contribution is 2.35. The minimum atomic E-state index is -2.32. The van der Waals surface area contributed by atoms with E-state index in [2.05, 4.69) is 10.6 Å². The van der Waals surface area contributed by atoms with E-state index in [9.17, 15) is 70.9 Å². The van der Waals surface area contributed by atoms with Crippen molar-refractivity contribution in [2.75, 3.05) is 13.2 Å². The number of carbonyl (C=O) groups excluding carboxylic acids is 2. The van der Waals surface area contributed by atoms with Crippen molar-refractivity contribution in [3.05, 3.63) is 85.1 Å². The molecule has 0 aromatic rings. The molecule has 2 saturated heterocycles. The second-order valence-corrected chi connectivity index (χ2v) is 18.9. The van der Waals surface area contributed by atoms with Crippen molar-refractivity contribution in [3.8, 4) is 0 Å². The minimum Gasteiger partial charge on any atom is -0.462 e. The van der Waals surface area contributed by atoms with Crippen molar-refractivity contribution in [2.24, 2.45) is 17.6 Å². The molecule has 404 valence electrons. The first-order valence-electron chi connectivity index (χ1n) is 24.3. The quantitative estimate of drug-likeness (QED) is 0.142. The van der Waals surface area contributed by atoms with E-state index in [0.717, 1.165) is 0 Å². The van der Waals surface area contributed by atoms with Gasteiger partial charge in [-0.3, -0.25) is 4.79 Å². The molecule has 3 rings (SSSR count). The van der Waals surface area contributed by atoms with Gasteiger partial charge in [-0.1, -0.05) is 98.9 Å². The van der Waals surface area contributed by atoms with Crippen LogP contribution in [0, 0.1) is 11.8 Å². The van der Waals surface area contributed by atoms with Gasteiger partial charge in [-0.25, -0.2) is 4.79 Å². The highest BCUT2D eigenvalue weighted by Gasteiger charge is 2.49. The summed E-state index contributed by atoms with van der Waals surface area (Å²) in [6, 6.07) is -4.47. The number of amides is 2. The van der Waals surface area contributed by atoms with Crippen LogP contribution in [-0.2, 0) is 23.7 Å². The van der Waals surface area contributed by atoms with Crippen molar-refractivity contribution < 1.29 is 89.8 Å². The van der Waals surface area contributed by atoms with Crippen LogP contribution in [0.5, 0.6) is 0 Å². The third-order valence-electron chi connectivity index (χ3n) is 12.8. The number of hydrogen-bond acceptors (Lipinski definition) is 19. The molecule has 19 atom stereocenters. The maximum Gasteiger partial charge on any atom is 0.315 e. The standard InChI is InChI=1S/C50H81N3O18/c1-29-17-15-13-11-9-7-5-6-8-10-12-14-16-18-37(70-48-47(65)43(51)46(64)32(4)69-48)24-41-44(53-49(66)52-33(27-54)28-55)40(61)26-50(67,71-41)25-36(58)22-39(60)38(59)20-19-34(56)21-35(57)23-42(62)68-31(3)30(2)45(29)63/h5-18,29-41,43-48,54-61,63-65,67H,19-28,51H2,1-4H3,(H2,52,53,66)/b6-5+,9-7+,10-8+,13-11+,14-12+,17-15+,18-16+/t29-,30-,31?,32+,34+,35+,36-,37-,38+,39+,40-,41-,43-,44+,45+,46+,47-,48-,50+/m0/s1. The number of cyclic esters (lactones) is 1. The molecule has 2 amide bonds. The van der Waals surface area contributed by atoms with Crippen LogP contribution in [0.15, 0.2) is 85.1 Å². The minimum absolute atomic E-state index is 0.118. The predicted molar refractivity (Wildman–Crippen MR) is 259 cm³/mol. The van der Waals surface area contributed by atoms with Crippen LogP contribution < -0.4 is 16.4 Å². The lowest BCUT2D eigenvalue weighted by atomic mass is 9.87. The van der Waals surface area contributed by atoms with Crippen molar-refractivity contribution >= 4 is 12.0 Å². The second kappa shape index (κ2) is 31.1. The summed E-state index contributed by atoms with van der Waals surface area (Å²) in [6.07, 6.45) is 3.66. The summed E-state index contributed by atoms with van der Waals surface area (Å²) in [5.74, 6) is -3.82. The molecule has 21 heteroatoms. The van der Waals surface area contributed by atoms with Crippen LogP contribution in [0.1, 0.15) is 79.1 Å². The highest BCUT2D eigenvalue weighted by atomic mass is 16.7. The summed E-state index contributed by atoms with van der Waals surface area (Å²) in [5.41, 5.74) is 6.08. The monoisotopic (exact) mass is 1010 g/mol. The van der Waals surface area contributed by atoms with E-state index in [1.54, 1.807) is 86.8 Å². The fourth-order valence-corrected chi connectivity index (χ4v) is 8.36. The average Bonchev–Trinajstić information content (AvgIpc) is 3.30. The number of urea groups is 1. The van der Waals surface area contributed by atoms with E-state index in [1.807, 2.05) is 19.1 Å². The molecular weight excluding hydrogens is 931 g/mol. The molecule has 0 aromatic heterocycles. The number of fused-ring (bicyclic) bond motifs is 2. The number of rotatable bonds is 6. The summed E-state index contributed by atoms with van der Waals surface area (Å²) >= 11 is 0. The number of nitrogens with two attached hydrogens (primary N) is 1. The Morgan fingerprint density at radius 2 is 1.28 bits per heavy atom. The number of ether oxygens (including phenoxy) is 4. The lowest BCUT2D eigenvalue weighted by Crippen LogP contribution is -2.64. The summed E-state index contributed by atoms with van der Waals surface area (Å²) in [7, 11) is 0. The summed E-state index contributed by atoms with van der Waals surface area (Å²) in [4.78, 5) is 25.8. The van der Waals surface area contributed by atoms with Crippen LogP contribution in [0.2, 0.25) is 0 Å². The predicted octanol–water partition coefficient (Wildman–Crippen LogP) is -0.968. The molecule has 0 saturated carbocycles. The van der Waals surface area contributed by atoms with E-state index in [-0.39, 0.29) is 31.6 Å². The lowest BCUT2D eigenvalue weighted by Gasteiger charge is -2.46. The molecule has 3 heterocycles. The molecule has 21 nitrogen and oxygen atoms in total. The molecule has 0 aromatic carbocycles. The number of aliphatic hydroxyl groups excluding tert-OH is 11. The summed E-state index contributed by atoms with van der Waals surface area (Å²) < 4.78 is 23.6. The Balaban J connectivity index is 1.94. The lowest BCUT2D eigenvalue weighted by molar-refractivity contribution is -0.303. The van der Waals surface area contributed by atoms with Gasteiger partial charge in [0.2, 0.25) is 0 Å². The van der Waals surface area contributed by atoms with Gasteiger partial charge in [0.15, 0.2) is 12.1 Å². The van der Waals surface area contributed by atoms with Gasteiger partial charge in [0.05, 0.1) is 105 Å². The molecule has 0 aliphatic carbocycles. The number of aliphatic hydroxyl groups is 12. The van der Waals surface area contributed by atoms with Crippen molar-refractivity contribution in [1.29, 1.82) is 0 Å². The zero-order chi connectivity index (χ0) is 52.8. The highest BCUT2D eigenvalue weighted by molar-refractivity contribution is 5.74. The molecular formula is C50H81N3O18. The maximum absolute atomic E-state index is 13.1. The molecule has 1 unspecified atom stereocenters. The Morgan fingerprint density at radius 3 is 1.87 bits per heavy atom. The van der Waals surface area contributed by atoms with Crippen LogP contribution >= 0.6 is 0 Å². The summed E-state index contributed by atoms with van der Waals surface area (Å²) in [5, 5.41) is 134. The Morgan fingerprint density at radius 1 is 0.704 bits per heavy atom. The van der Waals surface area contributed by atoms with E-state index < -0.39 is 166 Å². The number of nitrogens with one attached hydrogen (secondary N) is 2. The van der Waals surface area contributed by atoms with Crippen molar-refractivity contribution in [2.45, 2.75) is 189 Å². The Labute approximate surface area is 416 Å². The van der Waals surface area contributed by atoms with Gasteiger partial charge < -0.3 is 96.6 Å². The van der Waals surface area contributed by atoms with Crippen LogP contribution in [-0.4, -0.2) is 196 Å². The smallest absolute Gasteiger partial charge is 0.315 e.